The van der Waals surface area contributed by atoms with Crippen LogP contribution in [-0.2, 0) is 18.3 Å². The molecule has 0 radical (unpaired) electrons. The Bertz CT molecular complexity index is 893. The number of hydrogen-bond acceptors (Lipinski definition) is 1. The Labute approximate surface area is 171 Å². The molecular formula is C27H35N. The molecule has 0 aromatic heterocycles. The average Bonchev–Trinajstić information content (AvgIpc) is 2.66. The van der Waals surface area contributed by atoms with Gasteiger partial charge in [-0.1, -0.05) is 71.4 Å². The maximum atomic E-state index is 4.44. The Morgan fingerprint density at radius 3 is 2.50 bits per heavy atom. The SMILES string of the molecule is C=C1Cc2cc(NC)ccc2C=C1c1ccc(CCCCC)cc1C(C)(C)C. The molecule has 0 heterocycles. The summed E-state index contributed by atoms with van der Waals surface area (Å²) in [6, 6.07) is 13.7. The van der Waals surface area contributed by atoms with Crippen molar-refractivity contribution in [3.8, 4) is 0 Å². The van der Waals surface area contributed by atoms with E-state index < -0.39 is 0 Å². The molecule has 0 atom stereocenters. The van der Waals surface area contributed by atoms with Gasteiger partial charge in [-0.2, -0.15) is 0 Å². The number of fused-ring (bicyclic) bond motifs is 1. The van der Waals surface area contributed by atoms with Gasteiger partial charge in [-0.05, 0) is 81.8 Å². The summed E-state index contributed by atoms with van der Waals surface area (Å²) >= 11 is 0. The molecule has 0 amide bonds. The topological polar surface area (TPSA) is 12.0 Å². The normalized spacial score (nSPS) is 13.9. The predicted molar refractivity (Wildman–Crippen MR) is 125 cm³/mol. The van der Waals surface area contributed by atoms with E-state index in [1.165, 1.54) is 64.6 Å². The molecule has 1 heteroatoms. The summed E-state index contributed by atoms with van der Waals surface area (Å²) in [5, 5.41) is 3.24. The lowest BCUT2D eigenvalue weighted by molar-refractivity contribution is 0.587. The first kappa shape index (κ1) is 20.5. The minimum Gasteiger partial charge on any atom is -0.388 e. The van der Waals surface area contributed by atoms with Gasteiger partial charge in [0.2, 0.25) is 0 Å². The number of nitrogens with one attached hydrogen (secondary N) is 1. The van der Waals surface area contributed by atoms with Crippen LogP contribution in [0.3, 0.4) is 0 Å². The highest BCUT2D eigenvalue weighted by molar-refractivity contribution is 5.95. The molecule has 0 unspecified atom stereocenters. The molecular weight excluding hydrogens is 338 g/mol. The lowest BCUT2D eigenvalue weighted by atomic mass is 9.76. The number of hydrogen-bond donors (Lipinski definition) is 1. The molecule has 0 bridgehead atoms. The summed E-state index contributed by atoms with van der Waals surface area (Å²) in [5.41, 5.74) is 10.7. The second-order valence-electron chi connectivity index (χ2n) is 9.09. The van der Waals surface area contributed by atoms with Crippen LogP contribution in [0.1, 0.15) is 74.8 Å². The number of rotatable bonds is 6. The monoisotopic (exact) mass is 373 g/mol. The third-order valence-electron chi connectivity index (χ3n) is 5.77. The number of benzene rings is 2. The Kier molecular flexibility index (Phi) is 6.13. The summed E-state index contributed by atoms with van der Waals surface area (Å²) < 4.78 is 0. The summed E-state index contributed by atoms with van der Waals surface area (Å²) in [7, 11) is 1.97. The van der Waals surface area contributed by atoms with Crippen molar-refractivity contribution in [3.63, 3.8) is 0 Å². The van der Waals surface area contributed by atoms with Gasteiger partial charge in [0.25, 0.3) is 0 Å². The quantitative estimate of drug-likeness (QED) is 0.520. The van der Waals surface area contributed by atoms with E-state index in [4.69, 9.17) is 0 Å². The van der Waals surface area contributed by atoms with E-state index in [0.29, 0.717) is 0 Å². The van der Waals surface area contributed by atoms with Gasteiger partial charge >= 0.3 is 0 Å². The largest absolute Gasteiger partial charge is 0.388 e. The second-order valence-corrected chi connectivity index (χ2v) is 9.09. The highest BCUT2D eigenvalue weighted by atomic mass is 14.8. The van der Waals surface area contributed by atoms with Gasteiger partial charge in [0.15, 0.2) is 0 Å². The van der Waals surface area contributed by atoms with Gasteiger partial charge in [-0.3, -0.25) is 0 Å². The van der Waals surface area contributed by atoms with E-state index in [9.17, 15) is 0 Å². The zero-order valence-electron chi connectivity index (χ0n) is 18.3. The van der Waals surface area contributed by atoms with Gasteiger partial charge in [-0.25, -0.2) is 0 Å². The first-order valence-corrected chi connectivity index (χ1v) is 10.7. The first-order chi connectivity index (χ1) is 13.3. The van der Waals surface area contributed by atoms with Crippen molar-refractivity contribution in [2.75, 3.05) is 12.4 Å². The molecule has 0 spiro atoms. The van der Waals surface area contributed by atoms with Crippen LogP contribution >= 0.6 is 0 Å². The fraction of sp³-hybridized carbons (Fsp3) is 0.407. The lowest BCUT2D eigenvalue weighted by Gasteiger charge is -2.28. The fourth-order valence-electron chi connectivity index (χ4n) is 4.09. The van der Waals surface area contributed by atoms with Crippen LogP contribution in [-0.4, -0.2) is 7.05 Å². The highest BCUT2D eigenvalue weighted by Gasteiger charge is 2.23. The molecule has 0 saturated heterocycles. The second kappa shape index (κ2) is 8.39. The smallest absolute Gasteiger partial charge is 0.0340 e. The van der Waals surface area contributed by atoms with Crippen molar-refractivity contribution in [1.82, 2.24) is 0 Å². The number of aryl methyl sites for hydroxylation is 1. The minimum atomic E-state index is 0.105. The summed E-state index contributed by atoms with van der Waals surface area (Å²) in [4.78, 5) is 0. The van der Waals surface area contributed by atoms with E-state index in [2.05, 4.69) is 82.1 Å². The van der Waals surface area contributed by atoms with Crippen LogP contribution in [0.2, 0.25) is 0 Å². The van der Waals surface area contributed by atoms with Crippen molar-refractivity contribution in [1.29, 1.82) is 0 Å². The van der Waals surface area contributed by atoms with E-state index in [1.54, 1.807) is 0 Å². The average molecular weight is 374 g/mol. The van der Waals surface area contributed by atoms with Gasteiger partial charge < -0.3 is 5.32 Å². The standard InChI is InChI=1S/C27H35N/c1-7-8-9-10-20-11-14-24(26(16-20)27(3,4)5)25-18-21-12-13-23(28-6)17-22(21)15-19(25)2/h11-14,16-18,28H,2,7-10,15H2,1,3-6H3. The van der Waals surface area contributed by atoms with Crippen molar-refractivity contribution < 1.29 is 0 Å². The molecule has 1 nitrogen and oxygen atoms in total. The zero-order chi connectivity index (χ0) is 20.3. The molecule has 3 rings (SSSR count). The Hall–Kier alpha value is -2.28. The van der Waals surface area contributed by atoms with Gasteiger partial charge in [-0.15, -0.1) is 0 Å². The maximum Gasteiger partial charge on any atom is 0.0340 e. The predicted octanol–water partition coefficient (Wildman–Crippen LogP) is 7.41. The number of allylic oxidation sites excluding steroid dienone is 2. The third-order valence-corrected chi connectivity index (χ3v) is 5.77. The number of anilines is 1. The van der Waals surface area contributed by atoms with E-state index >= 15 is 0 Å². The van der Waals surface area contributed by atoms with Gasteiger partial charge in [0.05, 0.1) is 0 Å². The molecule has 1 N–H and O–H groups in total. The highest BCUT2D eigenvalue weighted by Crippen LogP contribution is 2.39. The van der Waals surface area contributed by atoms with E-state index in [1.807, 2.05) is 7.05 Å². The third kappa shape index (κ3) is 4.41. The van der Waals surface area contributed by atoms with Crippen molar-refractivity contribution in [2.45, 2.75) is 65.2 Å². The summed E-state index contributed by atoms with van der Waals surface area (Å²) in [6.45, 7) is 13.7. The summed E-state index contributed by atoms with van der Waals surface area (Å²) in [5.74, 6) is 0. The van der Waals surface area contributed by atoms with Crippen molar-refractivity contribution in [3.05, 3.63) is 76.4 Å². The molecule has 1 aliphatic rings. The van der Waals surface area contributed by atoms with Crippen molar-refractivity contribution >= 4 is 17.3 Å². The van der Waals surface area contributed by atoms with Crippen LogP contribution in [0.25, 0.3) is 11.6 Å². The lowest BCUT2D eigenvalue weighted by Crippen LogP contribution is -2.16. The van der Waals surface area contributed by atoms with Crippen LogP contribution in [0, 0.1) is 0 Å². The van der Waals surface area contributed by atoms with Crippen LogP contribution < -0.4 is 5.32 Å². The maximum absolute atomic E-state index is 4.44. The molecule has 28 heavy (non-hydrogen) atoms. The molecule has 0 aliphatic heterocycles. The van der Waals surface area contributed by atoms with Crippen LogP contribution in [0.15, 0.2) is 48.6 Å². The van der Waals surface area contributed by atoms with E-state index in [-0.39, 0.29) is 5.41 Å². The van der Waals surface area contributed by atoms with E-state index in [0.717, 1.165) is 12.1 Å². The molecule has 148 valence electrons. The van der Waals surface area contributed by atoms with Gasteiger partial charge in [0, 0.05) is 12.7 Å². The molecule has 1 aliphatic carbocycles. The number of unbranched alkanes of at least 4 members (excludes halogenated alkanes) is 2. The Morgan fingerprint density at radius 2 is 1.82 bits per heavy atom. The van der Waals surface area contributed by atoms with Crippen LogP contribution in [0.5, 0.6) is 0 Å². The minimum absolute atomic E-state index is 0.105. The molecule has 0 saturated carbocycles. The molecule has 2 aromatic carbocycles. The van der Waals surface area contributed by atoms with Crippen molar-refractivity contribution in [2.24, 2.45) is 0 Å². The molecule has 2 aromatic rings. The Morgan fingerprint density at radius 1 is 1.04 bits per heavy atom. The van der Waals surface area contributed by atoms with Crippen LogP contribution in [0.4, 0.5) is 5.69 Å². The zero-order valence-corrected chi connectivity index (χ0v) is 18.3. The Balaban J connectivity index is 2.03. The molecule has 0 fully saturated rings. The van der Waals surface area contributed by atoms with Gasteiger partial charge in [0.1, 0.15) is 0 Å². The fourth-order valence-corrected chi connectivity index (χ4v) is 4.09. The summed E-state index contributed by atoms with van der Waals surface area (Å²) in [6.07, 6.45) is 8.27. The first-order valence-electron chi connectivity index (χ1n) is 10.7.